The summed E-state index contributed by atoms with van der Waals surface area (Å²) in [6, 6.07) is 7.71. The van der Waals surface area contributed by atoms with E-state index in [0.717, 1.165) is 55.8 Å². The molecule has 1 aromatic heterocycles. The number of hydrogen-bond acceptors (Lipinski definition) is 6. The van der Waals surface area contributed by atoms with Crippen LogP contribution in [0, 0.1) is 0 Å². The molecule has 1 aliphatic carbocycles. The van der Waals surface area contributed by atoms with Gasteiger partial charge in [-0.05, 0) is 56.7 Å². The number of aromatic amines is 1. The number of carbonyl (C=O) groups excluding carboxylic acids is 1. The number of H-pyrrole nitrogens is 1. The Morgan fingerprint density at radius 1 is 1.06 bits per heavy atom. The second kappa shape index (κ2) is 8.21. The molecule has 0 spiro atoms. The first-order valence-corrected chi connectivity index (χ1v) is 11.3. The topological polar surface area (TPSA) is 87.3 Å². The fraction of sp³-hybridized carbons (Fsp3) is 0.458. The van der Waals surface area contributed by atoms with Crippen molar-refractivity contribution in [1.29, 1.82) is 0 Å². The summed E-state index contributed by atoms with van der Waals surface area (Å²) in [5.74, 6) is 1.67. The molecule has 1 atom stereocenters. The first-order valence-electron chi connectivity index (χ1n) is 11.3. The van der Waals surface area contributed by atoms with Crippen molar-refractivity contribution in [3.63, 3.8) is 0 Å². The van der Waals surface area contributed by atoms with Gasteiger partial charge in [0.15, 0.2) is 5.78 Å². The van der Waals surface area contributed by atoms with E-state index in [9.17, 15) is 9.59 Å². The van der Waals surface area contributed by atoms with Crippen LogP contribution in [0.2, 0.25) is 0 Å². The SMILES string of the molecule is CCOc1ccc(C2C3=C(CCCC3=O)Nc3nc(N4CCCCC4)[nH]c(=O)c32)cc1. The molecular weight excluding hydrogens is 392 g/mol. The van der Waals surface area contributed by atoms with E-state index in [4.69, 9.17) is 9.72 Å². The number of nitrogens with zero attached hydrogens (tertiary/aromatic N) is 2. The van der Waals surface area contributed by atoms with Crippen molar-refractivity contribution < 1.29 is 9.53 Å². The van der Waals surface area contributed by atoms with Gasteiger partial charge in [-0.15, -0.1) is 0 Å². The molecule has 0 amide bonds. The van der Waals surface area contributed by atoms with Crippen molar-refractivity contribution in [2.24, 2.45) is 0 Å². The molecular formula is C24H28N4O3. The number of aromatic nitrogens is 2. The van der Waals surface area contributed by atoms with Crippen LogP contribution in [-0.2, 0) is 4.79 Å². The van der Waals surface area contributed by atoms with Crippen LogP contribution < -0.4 is 20.5 Å². The second-order valence-corrected chi connectivity index (χ2v) is 8.43. The lowest BCUT2D eigenvalue weighted by Gasteiger charge is -2.34. The lowest BCUT2D eigenvalue weighted by Crippen LogP contribution is -2.36. The highest BCUT2D eigenvalue weighted by Gasteiger charge is 2.38. The average molecular weight is 421 g/mol. The van der Waals surface area contributed by atoms with Crippen molar-refractivity contribution in [1.82, 2.24) is 9.97 Å². The number of ketones is 1. The Labute approximate surface area is 181 Å². The molecule has 31 heavy (non-hydrogen) atoms. The molecule has 1 saturated heterocycles. The Morgan fingerprint density at radius 2 is 1.84 bits per heavy atom. The molecule has 2 aliphatic heterocycles. The Bertz CT molecular complexity index is 1080. The summed E-state index contributed by atoms with van der Waals surface area (Å²) in [7, 11) is 0. The highest BCUT2D eigenvalue weighted by molar-refractivity contribution is 6.00. The predicted molar refractivity (Wildman–Crippen MR) is 120 cm³/mol. The molecule has 5 rings (SSSR count). The summed E-state index contributed by atoms with van der Waals surface area (Å²) in [5, 5.41) is 3.36. The third-order valence-corrected chi connectivity index (χ3v) is 6.43. The number of allylic oxidation sites excluding steroid dienone is 2. The Hall–Kier alpha value is -3.09. The molecule has 2 N–H and O–H groups in total. The van der Waals surface area contributed by atoms with Gasteiger partial charge in [0.05, 0.1) is 12.2 Å². The van der Waals surface area contributed by atoms with E-state index in [2.05, 4.69) is 15.2 Å². The first kappa shape index (κ1) is 19.8. The van der Waals surface area contributed by atoms with Gasteiger partial charge in [-0.3, -0.25) is 14.6 Å². The molecule has 3 heterocycles. The summed E-state index contributed by atoms with van der Waals surface area (Å²) < 4.78 is 5.57. The maximum Gasteiger partial charge on any atom is 0.258 e. The first-order chi connectivity index (χ1) is 15.2. The summed E-state index contributed by atoms with van der Waals surface area (Å²) in [4.78, 5) is 36.3. The number of anilines is 2. The Morgan fingerprint density at radius 3 is 2.58 bits per heavy atom. The van der Waals surface area contributed by atoms with E-state index in [1.807, 2.05) is 31.2 Å². The molecule has 3 aliphatic rings. The summed E-state index contributed by atoms with van der Waals surface area (Å²) in [6.07, 6.45) is 5.54. The number of piperidine rings is 1. The zero-order valence-electron chi connectivity index (χ0n) is 17.9. The standard InChI is InChI=1S/C24H28N4O3/c1-2-31-16-11-9-15(10-12-16)19-20-17(7-6-8-18(20)29)25-22-21(19)23(30)27-24(26-22)28-13-4-3-5-14-28/h9-12,19H,2-8,13-14H2,1H3,(H2,25,26,27,30). The van der Waals surface area contributed by atoms with Crippen LogP contribution in [0.25, 0.3) is 0 Å². The highest BCUT2D eigenvalue weighted by Crippen LogP contribution is 2.43. The summed E-state index contributed by atoms with van der Waals surface area (Å²) in [5.41, 5.74) is 2.87. The number of carbonyl (C=O) groups is 1. The fourth-order valence-electron chi connectivity index (χ4n) is 4.96. The number of nitrogens with one attached hydrogen (secondary N) is 2. The van der Waals surface area contributed by atoms with Crippen LogP contribution >= 0.6 is 0 Å². The largest absolute Gasteiger partial charge is 0.494 e. The molecule has 7 heteroatoms. The van der Waals surface area contributed by atoms with Crippen molar-refractivity contribution >= 4 is 17.5 Å². The molecule has 2 aromatic rings. The zero-order valence-corrected chi connectivity index (χ0v) is 17.9. The summed E-state index contributed by atoms with van der Waals surface area (Å²) >= 11 is 0. The molecule has 162 valence electrons. The van der Waals surface area contributed by atoms with Gasteiger partial charge in [0, 0.05) is 36.7 Å². The van der Waals surface area contributed by atoms with Crippen molar-refractivity contribution in [2.75, 3.05) is 29.9 Å². The molecule has 0 bridgehead atoms. The van der Waals surface area contributed by atoms with E-state index in [1.165, 1.54) is 6.42 Å². The minimum Gasteiger partial charge on any atom is -0.494 e. The van der Waals surface area contributed by atoms with Gasteiger partial charge in [0.1, 0.15) is 11.6 Å². The minimum atomic E-state index is -0.415. The van der Waals surface area contributed by atoms with Crippen LogP contribution in [-0.4, -0.2) is 35.4 Å². The van der Waals surface area contributed by atoms with Crippen LogP contribution in [0.1, 0.15) is 62.5 Å². The van der Waals surface area contributed by atoms with Crippen LogP contribution in [0.4, 0.5) is 11.8 Å². The molecule has 0 saturated carbocycles. The monoisotopic (exact) mass is 420 g/mol. The van der Waals surface area contributed by atoms with Gasteiger partial charge < -0.3 is 15.0 Å². The van der Waals surface area contributed by atoms with E-state index in [0.29, 0.717) is 35.9 Å². The van der Waals surface area contributed by atoms with Crippen LogP contribution in [0.3, 0.4) is 0 Å². The highest BCUT2D eigenvalue weighted by atomic mass is 16.5. The quantitative estimate of drug-likeness (QED) is 0.784. The van der Waals surface area contributed by atoms with Crippen LogP contribution in [0.15, 0.2) is 40.3 Å². The Kier molecular flexibility index (Phi) is 5.26. The third-order valence-electron chi connectivity index (χ3n) is 6.43. The van der Waals surface area contributed by atoms with Crippen molar-refractivity contribution in [3.8, 4) is 5.75 Å². The van der Waals surface area contributed by atoms with Gasteiger partial charge in [-0.25, -0.2) is 0 Å². The number of fused-ring (bicyclic) bond motifs is 1. The molecule has 1 fully saturated rings. The number of rotatable bonds is 4. The smallest absolute Gasteiger partial charge is 0.258 e. The number of benzene rings is 1. The molecule has 0 radical (unpaired) electrons. The lowest BCUT2D eigenvalue weighted by molar-refractivity contribution is -0.116. The second-order valence-electron chi connectivity index (χ2n) is 8.43. The van der Waals surface area contributed by atoms with E-state index in [1.54, 1.807) is 0 Å². The maximum atomic E-state index is 13.3. The maximum absolute atomic E-state index is 13.3. The van der Waals surface area contributed by atoms with E-state index in [-0.39, 0.29) is 11.3 Å². The van der Waals surface area contributed by atoms with Gasteiger partial charge in [0.2, 0.25) is 5.95 Å². The van der Waals surface area contributed by atoms with Gasteiger partial charge in [-0.2, -0.15) is 4.98 Å². The summed E-state index contributed by atoms with van der Waals surface area (Å²) in [6.45, 7) is 4.33. The van der Waals surface area contributed by atoms with Crippen molar-refractivity contribution in [3.05, 3.63) is 57.0 Å². The van der Waals surface area contributed by atoms with Gasteiger partial charge in [0.25, 0.3) is 5.56 Å². The van der Waals surface area contributed by atoms with E-state index >= 15 is 0 Å². The predicted octanol–water partition coefficient (Wildman–Crippen LogP) is 3.72. The van der Waals surface area contributed by atoms with Gasteiger partial charge >= 0.3 is 0 Å². The van der Waals surface area contributed by atoms with Gasteiger partial charge in [-0.1, -0.05) is 12.1 Å². The Balaban J connectivity index is 1.62. The third kappa shape index (κ3) is 3.62. The normalized spacial score (nSPS) is 20.7. The number of ether oxygens (including phenoxy) is 1. The number of hydrogen-bond donors (Lipinski definition) is 2. The zero-order chi connectivity index (χ0) is 21.4. The fourth-order valence-corrected chi connectivity index (χ4v) is 4.96. The molecule has 7 nitrogen and oxygen atoms in total. The van der Waals surface area contributed by atoms with Crippen LogP contribution in [0.5, 0.6) is 5.75 Å². The molecule has 1 unspecified atom stereocenters. The van der Waals surface area contributed by atoms with E-state index < -0.39 is 5.92 Å². The number of Topliss-reactive ketones (excluding diaryl/α,β-unsaturated/α-hetero) is 1. The van der Waals surface area contributed by atoms with Crippen molar-refractivity contribution in [2.45, 2.75) is 51.4 Å². The average Bonchev–Trinajstić information content (AvgIpc) is 2.79. The lowest BCUT2D eigenvalue weighted by atomic mass is 9.76. The molecule has 1 aromatic carbocycles. The minimum absolute atomic E-state index is 0.109.